The molecule has 1 aromatic heterocycles. The minimum atomic E-state index is -0.962. The highest BCUT2D eigenvalue weighted by Gasteiger charge is 2.13. The second kappa shape index (κ2) is 5.05. The lowest BCUT2D eigenvalue weighted by Crippen LogP contribution is -2.05. The van der Waals surface area contributed by atoms with Crippen LogP contribution in [0.25, 0.3) is 10.9 Å². The number of aryl methyl sites for hydroxylation is 1. The molecule has 0 spiro atoms. The maximum absolute atomic E-state index is 13.4. The first-order valence-corrected chi connectivity index (χ1v) is 6.62. The molecule has 106 valence electrons. The van der Waals surface area contributed by atoms with Crippen LogP contribution in [-0.2, 0) is 6.54 Å². The van der Waals surface area contributed by atoms with E-state index < -0.39 is 5.97 Å². The van der Waals surface area contributed by atoms with Gasteiger partial charge < -0.3 is 9.67 Å². The summed E-state index contributed by atoms with van der Waals surface area (Å²) in [5, 5.41) is 10.2. The number of fused-ring (bicyclic) bond motifs is 1. The van der Waals surface area contributed by atoms with E-state index in [1.807, 2.05) is 29.8 Å². The maximum atomic E-state index is 13.4. The third-order valence-electron chi connectivity index (χ3n) is 3.67. The highest BCUT2D eigenvalue weighted by Crippen LogP contribution is 2.22. The van der Waals surface area contributed by atoms with E-state index in [1.165, 1.54) is 12.1 Å². The number of aromatic nitrogens is 1. The van der Waals surface area contributed by atoms with Gasteiger partial charge in [0, 0.05) is 18.1 Å². The Kier molecular flexibility index (Phi) is 3.22. The maximum Gasteiger partial charge on any atom is 0.337 e. The van der Waals surface area contributed by atoms with Gasteiger partial charge in [-0.3, -0.25) is 0 Å². The molecule has 0 unspecified atom stereocenters. The molecule has 2 aromatic carbocycles. The zero-order valence-electron chi connectivity index (χ0n) is 11.5. The number of nitrogens with zero attached hydrogens (tertiary/aromatic N) is 1. The van der Waals surface area contributed by atoms with E-state index in [4.69, 9.17) is 0 Å². The van der Waals surface area contributed by atoms with Crippen LogP contribution < -0.4 is 0 Å². The molecule has 0 saturated carbocycles. The van der Waals surface area contributed by atoms with Gasteiger partial charge in [0.25, 0.3) is 0 Å². The van der Waals surface area contributed by atoms with Gasteiger partial charge in [-0.2, -0.15) is 0 Å². The molecule has 0 aliphatic carbocycles. The summed E-state index contributed by atoms with van der Waals surface area (Å²) in [5.74, 6) is -1.25. The lowest BCUT2D eigenvalue weighted by molar-refractivity contribution is 0.0698. The second-order valence-electron chi connectivity index (χ2n) is 5.06. The molecule has 3 aromatic rings. The summed E-state index contributed by atoms with van der Waals surface area (Å²) < 4.78 is 15.2. The summed E-state index contributed by atoms with van der Waals surface area (Å²) >= 11 is 0. The molecule has 1 N–H and O–H groups in total. The summed E-state index contributed by atoms with van der Waals surface area (Å²) in [4.78, 5) is 11.4. The van der Waals surface area contributed by atoms with Crippen molar-refractivity contribution in [1.82, 2.24) is 4.57 Å². The zero-order valence-corrected chi connectivity index (χ0v) is 11.5. The number of carbonyl (C=O) groups is 1. The van der Waals surface area contributed by atoms with Crippen molar-refractivity contribution in [2.75, 3.05) is 0 Å². The van der Waals surface area contributed by atoms with E-state index in [-0.39, 0.29) is 11.4 Å². The first kappa shape index (κ1) is 13.4. The molecule has 0 fully saturated rings. The van der Waals surface area contributed by atoms with Crippen LogP contribution in [0, 0.1) is 12.7 Å². The molecule has 0 atom stereocenters. The van der Waals surface area contributed by atoms with Gasteiger partial charge in [-0.15, -0.1) is 0 Å². The predicted octanol–water partition coefficient (Wildman–Crippen LogP) is 3.84. The minimum absolute atomic E-state index is 0.256. The van der Waals surface area contributed by atoms with Crippen molar-refractivity contribution < 1.29 is 14.3 Å². The average molecular weight is 283 g/mol. The van der Waals surface area contributed by atoms with Crippen LogP contribution in [0.1, 0.15) is 21.5 Å². The molecular formula is C17H14FNO2. The molecule has 4 heteroatoms. The fraction of sp³-hybridized carbons (Fsp3) is 0.118. The van der Waals surface area contributed by atoms with Crippen LogP contribution in [0.15, 0.2) is 48.7 Å². The number of aromatic carboxylic acids is 1. The van der Waals surface area contributed by atoms with Crippen LogP contribution in [0.4, 0.5) is 4.39 Å². The van der Waals surface area contributed by atoms with E-state index in [1.54, 1.807) is 18.2 Å². The van der Waals surface area contributed by atoms with E-state index in [2.05, 4.69) is 0 Å². The van der Waals surface area contributed by atoms with E-state index in [0.29, 0.717) is 12.1 Å². The summed E-state index contributed by atoms with van der Waals surface area (Å²) in [7, 11) is 0. The highest BCUT2D eigenvalue weighted by atomic mass is 19.1. The lowest BCUT2D eigenvalue weighted by atomic mass is 10.1. The van der Waals surface area contributed by atoms with Crippen molar-refractivity contribution in [2.45, 2.75) is 13.5 Å². The molecule has 1 heterocycles. The Hall–Kier alpha value is -2.62. The van der Waals surface area contributed by atoms with Gasteiger partial charge in [-0.05, 0) is 42.3 Å². The van der Waals surface area contributed by atoms with Crippen molar-refractivity contribution in [3.8, 4) is 0 Å². The first-order chi connectivity index (χ1) is 10.1. The van der Waals surface area contributed by atoms with Gasteiger partial charge in [0.05, 0.1) is 11.1 Å². The summed E-state index contributed by atoms with van der Waals surface area (Å²) in [6, 6.07) is 11.7. The number of hydrogen-bond donors (Lipinski definition) is 1. The molecule has 21 heavy (non-hydrogen) atoms. The van der Waals surface area contributed by atoms with Crippen LogP contribution in [-0.4, -0.2) is 15.6 Å². The fourth-order valence-corrected chi connectivity index (χ4v) is 2.56. The van der Waals surface area contributed by atoms with E-state index in [0.717, 1.165) is 16.5 Å². The molecule has 0 bridgehead atoms. The Bertz CT molecular complexity index is 836. The van der Waals surface area contributed by atoms with Gasteiger partial charge in [-0.1, -0.05) is 18.2 Å². The third kappa shape index (κ3) is 2.40. The number of benzene rings is 2. The number of hydrogen-bond acceptors (Lipinski definition) is 1. The van der Waals surface area contributed by atoms with Crippen molar-refractivity contribution in [3.63, 3.8) is 0 Å². The first-order valence-electron chi connectivity index (χ1n) is 6.62. The topological polar surface area (TPSA) is 42.2 Å². The Morgan fingerprint density at radius 2 is 2.05 bits per heavy atom. The van der Waals surface area contributed by atoms with Crippen molar-refractivity contribution >= 4 is 16.9 Å². The van der Waals surface area contributed by atoms with E-state index >= 15 is 0 Å². The fourth-order valence-electron chi connectivity index (χ4n) is 2.56. The quantitative estimate of drug-likeness (QED) is 0.793. The van der Waals surface area contributed by atoms with Gasteiger partial charge in [0.1, 0.15) is 5.82 Å². The molecule has 3 rings (SSSR count). The second-order valence-corrected chi connectivity index (χ2v) is 5.06. The lowest BCUT2D eigenvalue weighted by Gasteiger charge is -2.10. The average Bonchev–Trinajstić information content (AvgIpc) is 2.86. The Balaban J connectivity index is 2.13. The van der Waals surface area contributed by atoms with Crippen LogP contribution >= 0.6 is 0 Å². The zero-order chi connectivity index (χ0) is 15.0. The standard InChI is InChI=1S/C17H14FNO2/c1-11-5-6-14(18)9-13(11)10-19-8-7-12-3-2-4-15(16(12)19)17(20)21/h2-9H,10H2,1H3,(H,20,21). The number of carboxylic acids is 1. The third-order valence-corrected chi connectivity index (χ3v) is 3.67. The smallest absolute Gasteiger partial charge is 0.337 e. The summed E-state index contributed by atoms with van der Waals surface area (Å²) in [6.07, 6.45) is 1.83. The van der Waals surface area contributed by atoms with Crippen LogP contribution in [0.3, 0.4) is 0 Å². The van der Waals surface area contributed by atoms with Gasteiger partial charge in [-0.25, -0.2) is 9.18 Å². The normalized spacial score (nSPS) is 11.0. The van der Waals surface area contributed by atoms with Gasteiger partial charge in [0.15, 0.2) is 0 Å². The molecule has 0 aliphatic heterocycles. The van der Waals surface area contributed by atoms with E-state index in [9.17, 15) is 14.3 Å². The number of rotatable bonds is 3. The molecule has 0 amide bonds. The van der Waals surface area contributed by atoms with Crippen LogP contribution in [0.2, 0.25) is 0 Å². The van der Waals surface area contributed by atoms with Crippen molar-refractivity contribution in [1.29, 1.82) is 0 Å². The molecule has 0 aliphatic rings. The predicted molar refractivity (Wildman–Crippen MR) is 79.1 cm³/mol. The number of carboxylic acid groups (broad SMARTS) is 1. The Morgan fingerprint density at radius 3 is 2.81 bits per heavy atom. The Labute approximate surface area is 121 Å². The van der Waals surface area contributed by atoms with Crippen LogP contribution in [0.5, 0.6) is 0 Å². The van der Waals surface area contributed by atoms with Gasteiger partial charge in [0.2, 0.25) is 0 Å². The monoisotopic (exact) mass is 283 g/mol. The van der Waals surface area contributed by atoms with Crippen molar-refractivity contribution in [3.05, 3.63) is 71.2 Å². The van der Waals surface area contributed by atoms with Crippen molar-refractivity contribution in [2.24, 2.45) is 0 Å². The van der Waals surface area contributed by atoms with Gasteiger partial charge >= 0.3 is 5.97 Å². The minimum Gasteiger partial charge on any atom is -0.478 e. The molecule has 0 radical (unpaired) electrons. The molecular weight excluding hydrogens is 269 g/mol. The molecule has 3 nitrogen and oxygen atoms in total. The highest BCUT2D eigenvalue weighted by molar-refractivity contribution is 6.02. The Morgan fingerprint density at radius 1 is 1.24 bits per heavy atom. The molecule has 0 saturated heterocycles. The number of para-hydroxylation sites is 1. The summed E-state index contributed by atoms with van der Waals surface area (Å²) in [5.41, 5.74) is 2.74. The SMILES string of the molecule is Cc1ccc(F)cc1Cn1ccc2cccc(C(=O)O)c21. The largest absolute Gasteiger partial charge is 0.478 e. The summed E-state index contributed by atoms with van der Waals surface area (Å²) in [6.45, 7) is 2.36. The number of halogens is 1.